The van der Waals surface area contributed by atoms with Gasteiger partial charge in [0.15, 0.2) is 5.78 Å². The fourth-order valence-corrected chi connectivity index (χ4v) is 1.18. The molecule has 3 nitrogen and oxygen atoms in total. The first-order chi connectivity index (χ1) is 5.54. The van der Waals surface area contributed by atoms with Gasteiger partial charge in [-0.25, -0.2) is 4.39 Å². The highest BCUT2D eigenvalue weighted by atomic mass is 19.1. The van der Waals surface area contributed by atoms with Gasteiger partial charge in [-0.3, -0.25) is 9.89 Å². The molecular weight excluding hydrogens is 159 g/mol. The Morgan fingerprint density at radius 2 is 2.25 bits per heavy atom. The third-order valence-corrected chi connectivity index (χ3v) is 1.70. The lowest BCUT2D eigenvalue weighted by molar-refractivity contribution is 0.101. The number of alkyl halides is 1. The number of carbonyl (C=O) groups is 1. The van der Waals surface area contributed by atoms with Crippen molar-refractivity contribution in [2.45, 2.75) is 26.9 Å². The number of aryl methyl sites for hydroxylation is 1. The molecule has 0 bridgehead atoms. The predicted molar refractivity (Wildman–Crippen MR) is 42.9 cm³/mol. The van der Waals surface area contributed by atoms with Crippen molar-refractivity contribution in [3.8, 4) is 0 Å². The summed E-state index contributed by atoms with van der Waals surface area (Å²) in [5, 5.41) is 6.30. The number of nitrogens with zero attached hydrogens (tertiary/aromatic N) is 1. The second kappa shape index (κ2) is 3.05. The SMILES string of the molecule is CC(=O)c1c(C(C)F)n[nH]c1C. The van der Waals surface area contributed by atoms with E-state index in [2.05, 4.69) is 10.2 Å². The first kappa shape index (κ1) is 8.90. The van der Waals surface area contributed by atoms with Gasteiger partial charge in [0, 0.05) is 5.69 Å². The van der Waals surface area contributed by atoms with Crippen LogP contribution in [0.2, 0.25) is 0 Å². The van der Waals surface area contributed by atoms with Crippen LogP contribution in [0, 0.1) is 6.92 Å². The van der Waals surface area contributed by atoms with E-state index in [1.54, 1.807) is 6.92 Å². The van der Waals surface area contributed by atoms with Crippen LogP contribution in [0.1, 0.15) is 41.8 Å². The van der Waals surface area contributed by atoms with Gasteiger partial charge < -0.3 is 0 Å². The zero-order valence-electron chi connectivity index (χ0n) is 7.31. The van der Waals surface area contributed by atoms with E-state index in [-0.39, 0.29) is 11.5 Å². The lowest BCUT2D eigenvalue weighted by atomic mass is 10.1. The van der Waals surface area contributed by atoms with E-state index in [0.29, 0.717) is 11.3 Å². The van der Waals surface area contributed by atoms with Crippen LogP contribution in [0.4, 0.5) is 4.39 Å². The Hall–Kier alpha value is -1.19. The van der Waals surface area contributed by atoms with E-state index in [4.69, 9.17) is 0 Å². The van der Waals surface area contributed by atoms with E-state index >= 15 is 0 Å². The van der Waals surface area contributed by atoms with Gasteiger partial charge in [-0.2, -0.15) is 5.10 Å². The van der Waals surface area contributed by atoms with Crippen LogP contribution in [0.25, 0.3) is 0 Å². The van der Waals surface area contributed by atoms with Gasteiger partial charge >= 0.3 is 0 Å². The Kier molecular flexibility index (Phi) is 2.26. The van der Waals surface area contributed by atoms with Crippen molar-refractivity contribution in [1.82, 2.24) is 10.2 Å². The van der Waals surface area contributed by atoms with Gasteiger partial charge in [-0.15, -0.1) is 0 Å². The van der Waals surface area contributed by atoms with Crippen LogP contribution >= 0.6 is 0 Å². The first-order valence-electron chi connectivity index (χ1n) is 3.74. The minimum absolute atomic E-state index is 0.152. The minimum Gasteiger partial charge on any atom is -0.294 e. The normalized spacial score (nSPS) is 13.0. The lowest BCUT2D eigenvalue weighted by Gasteiger charge is -1.99. The van der Waals surface area contributed by atoms with E-state index < -0.39 is 6.17 Å². The summed E-state index contributed by atoms with van der Waals surface area (Å²) in [6, 6.07) is 0. The summed E-state index contributed by atoms with van der Waals surface area (Å²) < 4.78 is 12.8. The van der Waals surface area contributed by atoms with E-state index in [9.17, 15) is 9.18 Å². The fraction of sp³-hybridized carbons (Fsp3) is 0.500. The number of hydrogen-bond acceptors (Lipinski definition) is 2. The van der Waals surface area contributed by atoms with Crippen molar-refractivity contribution < 1.29 is 9.18 Å². The van der Waals surface area contributed by atoms with Crippen molar-refractivity contribution in [2.75, 3.05) is 0 Å². The zero-order valence-corrected chi connectivity index (χ0v) is 7.31. The number of aromatic amines is 1. The van der Waals surface area contributed by atoms with Crippen LogP contribution in [-0.4, -0.2) is 16.0 Å². The Balaban J connectivity index is 3.21. The Bertz CT molecular complexity index is 304. The molecule has 1 N–H and O–H groups in total. The number of H-pyrrole nitrogens is 1. The van der Waals surface area contributed by atoms with Gasteiger partial charge in [0.05, 0.1) is 5.56 Å². The molecule has 1 heterocycles. The van der Waals surface area contributed by atoms with Crippen molar-refractivity contribution in [1.29, 1.82) is 0 Å². The van der Waals surface area contributed by atoms with E-state index in [1.807, 2.05) is 0 Å². The minimum atomic E-state index is -1.20. The molecule has 0 aliphatic heterocycles. The quantitative estimate of drug-likeness (QED) is 0.689. The molecular formula is C8H11FN2O. The molecule has 1 atom stereocenters. The number of hydrogen-bond donors (Lipinski definition) is 1. The summed E-state index contributed by atoms with van der Waals surface area (Å²) in [6.45, 7) is 4.47. The number of rotatable bonds is 2. The molecule has 1 aromatic rings. The summed E-state index contributed by atoms with van der Waals surface area (Å²) in [5.74, 6) is -0.152. The molecule has 0 aromatic carbocycles. The van der Waals surface area contributed by atoms with Gasteiger partial charge in [0.1, 0.15) is 11.9 Å². The molecule has 0 aliphatic rings. The van der Waals surface area contributed by atoms with Crippen LogP contribution < -0.4 is 0 Å². The largest absolute Gasteiger partial charge is 0.294 e. The molecule has 0 saturated heterocycles. The fourth-order valence-electron chi connectivity index (χ4n) is 1.18. The van der Waals surface area contributed by atoms with Crippen molar-refractivity contribution in [3.05, 3.63) is 17.0 Å². The molecule has 0 spiro atoms. The van der Waals surface area contributed by atoms with Gasteiger partial charge in [-0.05, 0) is 20.8 Å². The van der Waals surface area contributed by atoms with E-state index in [0.717, 1.165) is 0 Å². The molecule has 1 aromatic heterocycles. The monoisotopic (exact) mass is 170 g/mol. The molecule has 12 heavy (non-hydrogen) atoms. The maximum absolute atomic E-state index is 12.8. The summed E-state index contributed by atoms with van der Waals surface area (Å²) in [6.07, 6.45) is -1.20. The third-order valence-electron chi connectivity index (χ3n) is 1.70. The van der Waals surface area contributed by atoms with E-state index in [1.165, 1.54) is 13.8 Å². The predicted octanol–water partition coefficient (Wildman–Crippen LogP) is 1.95. The number of nitrogens with one attached hydrogen (secondary N) is 1. The van der Waals surface area contributed by atoms with Gasteiger partial charge in [0.25, 0.3) is 0 Å². The van der Waals surface area contributed by atoms with Crippen molar-refractivity contribution >= 4 is 5.78 Å². The molecule has 0 radical (unpaired) electrons. The molecule has 0 aliphatic carbocycles. The average Bonchev–Trinajstić information content (AvgIpc) is 2.30. The molecule has 0 fully saturated rings. The summed E-state index contributed by atoms with van der Waals surface area (Å²) in [4.78, 5) is 11.0. The molecule has 0 saturated carbocycles. The van der Waals surface area contributed by atoms with Crippen LogP contribution in [-0.2, 0) is 0 Å². The highest BCUT2D eigenvalue weighted by Crippen LogP contribution is 2.20. The molecule has 1 unspecified atom stereocenters. The van der Waals surface area contributed by atoms with Crippen LogP contribution in [0.15, 0.2) is 0 Å². The average molecular weight is 170 g/mol. The Labute approximate surface area is 70.0 Å². The number of ketones is 1. The maximum atomic E-state index is 12.8. The Morgan fingerprint density at radius 3 is 2.58 bits per heavy atom. The number of carbonyl (C=O) groups excluding carboxylic acids is 1. The first-order valence-corrected chi connectivity index (χ1v) is 3.74. The molecule has 66 valence electrons. The van der Waals surface area contributed by atoms with Gasteiger partial charge in [0.2, 0.25) is 0 Å². The highest BCUT2D eigenvalue weighted by molar-refractivity contribution is 5.96. The standard InChI is InChI=1S/C8H11FN2O/c1-4(9)8-7(6(3)12)5(2)10-11-8/h4H,1-3H3,(H,10,11). The second-order valence-corrected chi connectivity index (χ2v) is 2.78. The van der Waals surface area contributed by atoms with Gasteiger partial charge in [-0.1, -0.05) is 0 Å². The van der Waals surface area contributed by atoms with Crippen molar-refractivity contribution in [3.63, 3.8) is 0 Å². The zero-order chi connectivity index (χ0) is 9.30. The third kappa shape index (κ3) is 1.37. The highest BCUT2D eigenvalue weighted by Gasteiger charge is 2.18. The molecule has 1 rings (SSSR count). The lowest BCUT2D eigenvalue weighted by Crippen LogP contribution is -1.99. The smallest absolute Gasteiger partial charge is 0.163 e. The molecule has 4 heteroatoms. The van der Waals surface area contributed by atoms with Crippen molar-refractivity contribution in [2.24, 2.45) is 0 Å². The summed E-state index contributed by atoms with van der Waals surface area (Å²) in [5.41, 5.74) is 1.21. The Morgan fingerprint density at radius 1 is 1.67 bits per heavy atom. The maximum Gasteiger partial charge on any atom is 0.163 e. The van der Waals surface area contributed by atoms with Crippen LogP contribution in [0.5, 0.6) is 0 Å². The molecule has 0 amide bonds. The number of aromatic nitrogens is 2. The van der Waals surface area contributed by atoms with Crippen LogP contribution in [0.3, 0.4) is 0 Å². The topological polar surface area (TPSA) is 45.8 Å². The number of halogens is 1. The number of Topliss-reactive ketones (excluding diaryl/α,β-unsaturated/α-hetero) is 1. The summed E-state index contributed by atoms with van der Waals surface area (Å²) >= 11 is 0. The summed E-state index contributed by atoms with van der Waals surface area (Å²) in [7, 11) is 0. The second-order valence-electron chi connectivity index (χ2n) is 2.78.